The van der Waals surface area contributed by atoms with E-state index in [1.807, 2.05) is 11.5 Å². The number of nitrogens with one attached hydrogen (secondary N) is 1. The van der Waals surface area contributed by atoms with Gasteiger partial charge in [-0.15, -0.1) is 16.8 Å². The fraction of sp³-hybridized carbons (Fsp3) is 0.312. The van der Waals surface area contributed by atoms with Crippen molar-refractivity contribution in [3.05, 3.63) is 48.6 Å². The van der Waals surface area contributed by atoms with Crippen molar-refractivity contribution >= 4 is 17.7 Å². The summed E-state index contributed by atoms with van der Waals surface area (Å²) in [5.74, 6) is 1.04. The molecule has 1 heterocycles. The van der Waals surface area contributed by atoms with Gasteiger partial charge in [-0.2, -0.15) is 0 Å². The summed E-state index contributed by atoms with van der Waals surface area (Å²) >= 11 is 1.30. The first-order valence-corrected chi connectivity index (χ1v) is 8.43. The number of carbonyl (C=O) groups excluding carboxylic acids is 1. The van der Waals surface area contributed by atoms with Crippen molar-refractivity contribution in [1.82, 2.24) is 20.1 Å². The lowest BCUT2D eigenvalue weighted by atomic mass is 10.3. The first kappa shape index (κ1) is 18.0. The molecule has 24 heavy (non-hydrogen) atoms. The largest absolute Gasteiger partial charge is 0.486 e. The number of thioether (sulfide) groups is 1. The molecule has 0 radical (unpaired) electrons. The molecular weight excluding hydrogens is 331 g/mol. The maximum atomic E-state index is 12.9. The van der Waals surface area contributed by atoms with Crippen molar-refractivity contribution < 1.29 is 13.9 Å². The summed E-state index contributed by atoms with van der Waals surface area (Å²) in [5, 5.41) is 11.6. The number of hydrogen-bond donors (Lipinski definition) is 1. The lowest BCUT2D eigenvalue weighted by Crippen LogP contribution is -2.24. The highest BCUT2D eigenvalue weighted by molar-refractivity contribution is 7.99. The van der Waals surface area contributed by atoms with E-state index >= 15 is 0 Å². The van der Waals surface area contributed by atoms with Crippen molar-refractivity contribution in [3.8, 4) is 5.75 Å². The van der Waals surface area contributed by atoms with Crippen LogP contribution in [0.5, 0.6) is 5.75 Å². The number of halogens is 1. The monoisotopic (exact) mass is 350 g/mol. The average molecular weight is 350 g/mol. The van der Waals surface area contributed by atoms with E-state index in [4.69, 9.17) is 4.74 Å². The highest BCUT2D eigenvalue weighted by Crippen LogP contribution is 2.19. The number of nitrogens with zero attached hydrogens (tertiary/aromatic N) is 3. The smallest absolute Gasteiger partial charge is 0.230 e. The van der Waals surface area contributed by atoms with Crippen LogP contribution in [-0.2, 0) is 17.9 Å². The SMILES string of the molecule is C=CCn1c(COc2ccc(F)cc2)nnc1SCC(=O)NCC. The van der Waals surface area contributed by atoms with Gasteiger partial charge in [0.15, 0.2) is 11.0 Å². The van der Waals surface area contributed by atoms with Crippen LogP contribution in [0.4, 0.5) is 4.39 Å². The van der Waals surface area contributed by atoms with E-state index in [1.54, 1.807) is 18.2 Å². The average Bonchev–Trinajstić information content (AvgIpc) is 2.95. The predicted molar refractivity (Wildman–Crippen MR) is 90.4 cm³/mol. The Morgan fingerprint density at radius 1 is 1.42 bits per heavy atom. The molecule has 1 amide bonds. The molecule has 1 aromatic heterocycles. The van der Waals surface area contributed by atoms with E-state index in [1.165, 1.54) is 23.9 Å². The Balaban J connectivity index is 2.02. The van der Waals surface area contributed by atoms with E-state index in [9.17, 15) is 9.18 Å². The highest BCUT2D eigenvalue weighted by Gasteiger charge is 2.13. The molecule has 0 saturated carbocycles. The lowest BCUT2D eigenvalue weighted by Gasteiger charge is -2.09. The van der Waals surface area contributed by atoms with Crippen molar-refractivity contribution in [2.75, 3.05) is 12.3 Å². The number of carbonyl (C=O) groups is 1. The second-order valence-electron chi connectivity index (χ2n) is 4.78. The van der Waals surface area contributed by atoms with Gasteiger partial charge < -0.3 is 10.1 Å². The van der Waals surface area contributed by atoms with Gasteiger partial charge in [-0.25, -0.2) is 4.39 Å². The van der Waals surface area contributed by atoms with Crippen LogP contribution >= 0.6 is 11.8 Å². The van der Waals surface area contributed by atoms with Crippen LogP contribution in [0.15, 0.2) is 42.1 Å². The summed E-state index contributed by atoms with van der Waals surface area (Å²) in [4.78, 5) is 11.6. The molecule has 0 aliphatic rings. The highest BCUT2D eigenvalue weighted by atomic mass is 32.2. The molecule has 2 rings (SSSR count). The fourth-order valence-corrected chi connectivity index (χ4v) is 2.70. The van der Waals surface area contributed by atoms with Crippen molar-refractivity contribution in [1.29, 1.82) is 0 Å². The molecular formula is C16H19FN4O2S. The molecule has 1 aromatic carbocycles. The van der Waals surface area contributed by atoms with E-state index in [-0.39, 0.29) is 24.1 Å². The standard InChI is InChI=1S/C16H19FN4O2S/c1-3-9-21-14(10-23-13-7-5-12(17)6-8-13)19-20-16(21)24-11-15(22)18-4-2/h3,5-8H,1,4,9-11H2,2H3,(H,18,22). The second kappa shape index (κ2) is 9.07. The number of aromatic nitrogens is 3. The van der Waals surface area contributed by atoms with Crippen molar-refractivity contribution in [2.24, 2.45) is 0 Å². The molecule has 128 valence electrons. The van der Waals surface area contributed by atoms with Crippen molar-refractivity contribution in [2.45, 2.75) is 25.2 Å². The molecule has 0 saturated heterocycles. The van der Waals surface area contributed by atoms with Gasteiger partial charge >= 0.3 is 0 Å². The topological polar surface area (TPSA) is 69.0 Å². The quantitative estimate of drug-likeness (QED) is 0.556. The summed E-state index contributed by atoms with van der Waals surface area (Å²) in [6.45, 7) is 6.88. The first-order valence-electron chi connectivity index (χ1n) is 7.44. The minimum absolute atomic E-state index is 0.0558. The van der Waals surface area contributed by atoms with Crippen LogP contribution in [0.2, 0.25) is 0 Å². The van der Waals surface area contributed by atoms with Crippen LogP contribution in [0.25, 0.3) is 0 Å². The number of ether oxygens (including phenoxy) is 1. The summed E-state index contributed by atoms with van der Waals surface area (Å²) in [5.41, 5.74) is 0. The minimum Gasteiger partial charge on any atom is -0.486 e. The Morgan fingerprint density at radius 3 is 2.83 bits per heavy atom. The van der Waals surface area contributed by atoms with Gasteiger partial charge in [0.25, 0.3) is 0 Å². The maximum absolute atomic E-state index is 12.9. The molecule has 0 unspecified atom stereocenters. The normalized spacial score (nSPS) is 10.4. The molecule has 0 aliphatic heterocycles. The Labute approximate surface area is 144 Å². The molecule has 0 atom stereocenters. The van der Waals surface area contributed by atoms with Gasteiger partial charge in [0.2, 0.25) is 5.91 Å². The summed E-state index contributed by atoms with van der Waals surface area (Å²) in [6.07, 6.45) is 1.72. The van der Waals surface area contributed by atoms with Gasteiger partial charge in [0, 0.05) is 13.1 Å². The van der Waals surface area contributed by atoms with Gasteiger partial charge in [-0.1, -0.05) is 17.8 Å². The van der Waals surface area contributed by atoms with Crippen LogP contribution in [-0.4, -0.2) is 33.0 Å². The fourth-order valence-electron chi connectivity index (χ4n) is 1.90. The molecule has 0 fully saturated rings. The molecule has 8 heteroatoms. The molecule has 0 bridgehead atoms. The van der Waals surface area contributed by atoms with E-state index in [0.717, 1.165) is 0 Å². The number of rotatable bonds is 9. The van der Waals surface area contributed by atoms with E-state index < -0.39 is 0 Å². The van der Waals surface area contributed by atoms with Crippen LogP contribution in [0.3, 0.4) is 0 Å². The molecule has 1 N–H and O–H groups in total. The zero-order valence-corrected chi connectivity index (χ0v) is 14.2. The van der Waals surface area contributed by atoms with Gasteiger partial charge in [-0.05, 0) is 31.2 Å². The summed E-state index contributed by atoms with van der Waals surface area (Å²) < 4.78 is 20.3. The van der Waals surface area contributed by atoms with Gasteiger partial charge in [0.05, 0.1) is 5.75 Å². The maximum Gasteiger partial charge on any atom is 0.230 e. The zero-order chi connectivity index (χ0) is 17.4. The van der Waals surface area contributed by atoms with Crippen LogP contribution in [0, 0.1) is 5.82 Å². The predicted octanol–water partition coefficient (Wildman–Crippen LogP) is 2.41. The third-order valence-corrected chi connectivity index (χ3v) is 3.96. The summed E-state index contributed by atoms with van der Waals surface area (Å²) in [7, 11) is 0. The van der Waals surface area contributed by atoms with Crippen LogP contribution < -0.4 is 10.1 Å². The Hall–Kier alpha value is -2.35. The Morgan fingerprint density at radius 2 is 2.17 bits per heavy atom. The molecule has 0 aliphatic carbocycles. The van der Waals surface area contributed by atoms with Gasteiger partial charge in [0.1, 0.15) is 18.2 Å². The molecule has 6 nitrogen and oxygen atoms in total. The molecule has 0 spiro atoms. The van der Waals surface area contributed by atoms with E-state index in [0.29, 0.717) is 29.8 Å². The lowest BCUT2D eigenvalue weighted by molar-refractivity contribution is -0.118. The Kier molecular flexibility index (Phi) is 6.80. The third kappa shape index (κ3) is 5.09. The molecule has 2 aromatic rings. The summed E-state index contributed by atoms with van der Waals surface area (Å²) in [6, 6.07) is 5.76. The van der Waals surface area contributed by atoms with Gasteiger partial charge in [-0.3, -0.25) is 9.36 Å². The Bertz CT molecular complexity index is 688. The minimum atomic E-state index is -0.318. The number of allylic oxidation sites excluding steroid dienone is 1. The van der Waals surface area contributed by atoms with Crippen LogP contribution in [0.1, 0.15) is 12.7 Å². The van der Waals surface area contributed by atoms with E-state index in [2.05, 4.69) is 22.1 Å². The zero-order valence-electron chi connectivity index (χ0n) is 13.4. The third-order valence-electron chi connectivity index (χ3n) is 2.99. The number of hydrogen-bond acceptors (Lipinski definition) is 5. The number of benzene rings is 1. The number of amides is 1. The first-order chi connectivity index (χ1) is 11.6. The second-order valence-corrected chi connectivity index (χ2v) is 5.73. The van der Waals surface area contributed by atoms with Crippen molar-refractivity contribution in [3.63, 3.8) is 0 Å².